The molecular weight excluding hydrogens is 326 g/mol. The SMILES string of the molecule is Cc1ccc(CN2CCC[C@@]3(CCC(=O)N3Cc3ccncc3)CC2)o1. The quantitative estimate of drug-likeness (QED) is 0.844. The molecule has 0 radical (unpaired) electrons. The Morgan fingerprint density at radius 1 is 1.08 bits per heavy atom. The number of aryl methyl sites for hydroxylation is 1. The maximum absolute atomic E-state index is 12.6. The van der Waals surface area contributed by atoms with Crippen LogP contribution >= 0.6 is 0 Å². The van der Waals surface area contributed by atoms with Gasteiger partial charge in [0.05, 0.1) is 6.54 Å². The highest BCUT2D eigenvalue weighted by Gasteiger charge is 2.45. The van der Waals surface area contributed by atoms with Gasteiger partial charge in [0.15, 0.2) is 0 Å². The number of carbonyl (C=O) groups excluding carboxylic acids is 1. The molecular formula is C21H27N3O2. The molecule has 2 aliphatic heterocycles. The number of pyridine rings is 1. The van der Waals surface area contributed by atoms with Crippen LogP contribution in [0.25, 0.3) is 0 Å². The van der Waals surface area contributed by atoms with E-state index in [1.807, 2.05) is 37.5 Å². The van der Waals surface area contributed by atoms with Crippen molar-refractivity contribution in [1.82, 2.24) is 14.8 Å². The van der Waals surface area contributed by atoms with Crippen molar-refractivity contribution in [3.8, 4) is 0 Å². The van der Waals surface area contributed by atoms with Crippen molar-refractivity contribution in [2.45, 2.75) is 57.7 Å². The molecule has 5 heteroatoms. The van der Waals surface area contributed by atoms with E-state index in [0.717, 1.165) is 56.8 Å². The minimum absolute atomic E-state index is 0.0220. The summed E-state index contributed by atoms with van der Waals surface area (Å²) in [4.78, 5) is 21.3. The Morgan fingerprint density at radius 2 is 1.92 bits per heavy atom. The van der Waals surface area contributed by atoms with E-state index >= 15 is 0 Å². The molecule has 4 heterocycles. The Balaban J connectivity index is 1.46. The van der Waals surface area contributed by atoms with Crippen molar-refractivity contribution in [3.05, 3.63) is 53.7 Å². The summed E-state index contributed by atoms with van der Waals surface area (Å²) >= 11 is 0. The van der Waals surface area contributed by atoms with E-state index in [4.69, 9.17) is 4.42 Å². The van der Waals surface area contributed by atoms with Gasteiger partial charge in [-0.05, 0) is 69.0 Å². The topological polar surface area (TPSA) is 49.6 Å². The van der Waals surface area contributed by atoms with Gasteiger partial charge in [0.1, 0.15) is 11.5 Å². The van der Waals surface area contributed by atoms with E-state index in [1.165, 1.54) is 5.56 Å². The van der Waals surface area contributed by atoms with E-state index in [-0.39, 0.29) is 5.54 Å². The minimum atomic E-state index is 0.0220. The lowest BCUT2D eigenvalue weighted by atomic mass is 9.87. The summed E-state index contributed by atoms with van der Waals surface area (Å²) in [6, 6.07) is 8.13. The fourth-order valence-corrected chi connectivity index (χ4v) is 4.50. The minimum Gasteiger partial charge on any atom is -0.465 e. The average Bonchev–Trinajstić information content (AvgIpc) is 3.10. The Hall–Kier alpha value is -2.14. The lowest BCUT2D eigenvalue weighted by Gasteiger charge is -2.38. The predicted molar refractivity (Wildman–Crippen MR) is 99.3 cm³/mol. The molecule has 1 spiro atoms. The van der Waals surface area contributed by atoms with Gasteiger partial charge in [-0.2, -0.15) is 0 Å². The lowest BCUT2D eigenvalue weighted by molar-refractivity contribution is -0.132. The average molecular weight is 353 g/mol. The van der Waals surface area contributed by atoms with E-state index in [1.54, 1.807) is 0 Å². The number of hydrogen-bond acceptors (Lipinski definition) is 4. The maximum Gasteiger partial charge on any atom is 0.223 e. The summed E-state index contributed by atoms with van der Waals surface area (Å²) in [5, 5.41) is 0. The second-order valence-corrected chi connectivity index (χ2v) is 7.70. The third-order valence-electron chi connectivity index (χ3n) is 5.95. The van der Waals surface area contributed by atoms with Crippen LogP contribution in [0.4, 0.5) is 0 Å². The van der Waals surface area contributed by atoms with Crippen LogP contribution in [0.2, 0.25) is 0 Å². The van der Waals surface area contributed by atoms with Crippen LogP contribution < -0.4 is 0 Å². The summed E-state index contributed by atoms with van der Waals surface area (Å²) < 4.78 is 5.75. The highest BCUT2D eigenvalue weighted by atomic mass is 16.3. The third kappa shape index (κ3) is 3.54. The third-order valence-corrected chi connectivity index (χ3v) is 5.95. The van der Waals surface area contributed by atoms with Crippen LogP contribution in [-0.4, -0.2) is 39.3 Å². The molecule has 0 bridgehead atoms. The monoisotopic (exact) mass is 353 g/mol. The Labute approximate surface area is 155 Å². The summed E-state index contributed by atoms with van der Waals surface area (Å²) in [7, 11) is 0. The van der Waals surface area contributed by atoms with Crippen molar-refractivity contribution in [2.24, 2.45) is 0 Å². The van der Waals surface area contributed by atoms with Gasteiger partial charge in [-0.3, -0.25) is 14.7 Å². The summed E-state index contributed by atoms with van der Waals surface area (Å²) in [5.74, 6) is 2.31. The smallest absolute Gasteiger partial charge is 0.223 e. The van der Waals surface area contributed by atoms with Crippen molar-refractivity contribution < 1.29 is 9.21 Å². The van der Waals surface area contributed by atoms with Crippen LogP contribution in [0, 0.1) is 6.92 Å². The van der Waals surface area contributed by atoms with Gasteiger partial charge in [0.2, 0.25) is 5.91 Å². The summed E-state index contributed by atoms with van der Waals surface area (Å²) in [6.07, 6.45) is 8.55. The number of nitrogens with zero attached hydrogens (tertiary/aromatic N) is 3. The van der Waals surface area contributed by atoms with Crippen LogP contribution in [0.1, 0.15) is 49.2 Å². The van der Waals surface area contributed by atoms with E-state index in [0.29, 0.717) is 18.9 Å². The van der Waals surface area contributed by atoms with Crippen molar-refractivity contribution >= 4 is 5.91 Å². The molecule has 2 aliphatic rings. The second-order valence-electron chi connectivity index (χ2n) is 7.70. The molecule has 0 N–H and O–H groups in total. The fraction of sp³-hybridized carbons (Fsp3) is 0.524. The van der Waals surface area contributed by atoms with Crippen LogP contribution in [0.5, 0.6) is 0 Å². The van der Waals surface area contributed by atoms with Gasteiger partial charge in [-0.15, -0.1) is 0 Å². The van der Waals surface area contributed by atoms with Crippen LogP contribution in [0.3, 0.4) is 0 Å². The van der Waals surface area contributed by atoms with Crippen molar-refractivity contribution in [3.63, 3.8) is 0 Å². The highest BCUT2D eigenvalue weighted by molar-refractivity contribution is 5.79. The molecule has 2 fully saturated rings. The number of rotatable bonds is 4. The molecule has 2 aromatic heterocycles. The van der Waals surface area contributed by atoms with Gasteiger partial charge in [-0.25, -0.2) is 0 Å². The molecule has 2 aromatic rings. The van der Waals surface area contributed by atoms with E-state index in [2.05, 4.69) is 20.9 Å². The molecule has 5 nitrogen and oxygen atoms in total. The highest BCUT2D eigenvalue weighted by Crippen LogP contribution is 2.40. The van der Waals surface area contributed by atoms with Gasteiger partial charge in [0, 0.05) is 37.4 Å². The van der Waals surface area contributed by atoms with Crippen LogP contribution in [-0.2, 0) is 17.9 Å². The Bertz CT molecular complexity index is 758. The maximum atomic E-state index is 12.6. The van der Waals surface area contributed by atoms with Gasteiger partial charge < -0.3 is 9.32 Å². The van der Waals surface area contributed by atoms with E-state index in [9.17, 15) is 4.79 Å². The zero-order valence-electron chi connectivity index (χ0n) is 15.5. The van der Waals surface area contributed by atoms with Crippen molar-refractivity contribution in [2.75, 3.05) is 13.1 Å². The number of aromatic nitrogens is 1. The molecule has 138 valence electrons. The molecule has 1 atom stereocenters. The number of furan rings is 1. The van der Waals surface area contributed by atoms with Gasteiger partial charge in [-0.1, -0.05) is 0 Å². The Kier molecular flexibility index (Phi) is 4.81. The molecule has 0 aromatic carbocycles. The molecule has 26 heavy (non-hydrogen) atoms. The zero-order chi connectivity index (χ0) is 18.0. The molecule has 4 rings (SSSR count). The first-order valence-electron chi connectivity index (χ1n) is 9.62. The molecule has 0 unspecified atom stereocenters. The first-order valence-corrected chi connectivity index (χ1v) is 9.62. The predicted octanol–water partition coefficient (Wildman–Crippen LogP) is 3.53. The van der Waals surface area contributed by atoms with E-state index < -0.39 is 0 Å². The normalized spacial score (nSPS) is 24.3. The molecule has 0 saturated carbocycles. The van der Waals surface area contributed by atoms with Gasteiger partial charge >= 0.3 is 0 Å². The molecule has 2 saturated heterocycles. The summed E-state index contributed by atoms with van der Waals surface area (Å²) in [5.41, 5.74) is 1.19. The first kappa shape index (κ1) is 17.3. The Morgan fingerprint density at radius 3 is 2.69 bits per heavy atom. The van der Waals surface area contributed by atoms with Crippen molar-refractivity contribution in [1.29, 1.82) is 0 Å². The number of amides is 1. The largest absolute Gasteiger partial charge is 0.465 e. The molecule has 0 aliphatic carbocycles. The first-order chi connectivity index (χ1) is 12.6. The second kappa shape index (κ2) is 7.23. The number of likely N-dealkylation sites (tertiary alicyclic amines) is 2. The molecule has 1 amide bonds. The lowest BCUT2D eigenvalue weighted by Crippen LogP contribution is -2.45. The van der Waals surface area contributed by atoms with Crippen LogP contribution in [0.15, 0.2) is 41.1 Å². The van der Waals surface area contributed by atoms with Gasteiger partial charge in [0.25, 0.3) is 0 Å². The fourth-order valence-electron chi connectivity index (χ4n) is 4.50. The zero-order valence-corrected chi connectivity index (χ0v) is 15.5. The standard InChI is InChI=1S/C21H27N3O2/c1-17-3-4-19(26-17)16-23-13-2-8-21(10-14-23)9-5-20(25)24(21)15-18-6-11-22-12-7-18/h3-4,6-7,11-12H,2,5,8-10,13-16H2,1H3/t21-/m1/s1. The number of carbonyl (C=O) groups is 1. The summed E-state index contributed by atoms with van der Waals surface area (Å²) in [6.45, 7) is 5.64. The number of hydrogen-bond donors (Lipinski definition) is 0.